The summed E-state index contributed by atoms with van der Waals surface area (Å²) in [7, 11) is 1.74. The second-order valence-electron chi connectivity index (χ2n) is 7.01. The largest absolute Gasteiger partial charge is 0.377 e. The predicted octanol–water partition coefficient (Wildman–Crippen LogP) is 2.29. The molecule has 1 amide bonds. The second kappa shape index (κ2) is 6.01. The molecule has 2 aliphatic heterocycles. The number of rotatable bonds is 5. The molecule has 1 aromatic rings. The highest BCUT2D eigenvalue weighted by molar-refractivity contribution is 5.49. The van der Waals surface area contributed by atoms with Gasteiger partial charge in [0, 0.05) is 32.3 Å². The molecule has 120 valence electrons. The van der Waals surface area contributed by atoms with Crippen LogP contribution in [-0.2, 0) is 16.1 Å². The highest BCUT2D eigenvalue weighted by atomic mass is 16.5. The van der Waals surface area contributed by atoms with E-state index < -0.39 is 0 Å². The number of nitrogens with zero attached hydrogens (tertiary/aromatic N) is 2. The van der Waals surface area contributed by atoms with Crippen molar-refractivity contribution in [3.05, 3.63) is 35.9 Å². The molecule has 3 atom stereocenters. The summed E-state index contributed by atoms with van der Waals surface area (Å²) < 4.78 is 5.73. The van der Waals surface area contributed by atoms with Gasteiger partial charge in [0.1, 0.15) is 0 Å². The van der Waals surface area contributed by atoms with E-state index in [4.69, 9.17) is 4.74 Å². The lowest BCUT2D eigenvalue weighted by atomic mass is 9.88. The molecule has 2 bridgehead atoms. The summed E-state index contributed by atoms with van der Waals surface area (Å²) in [6.45, 7) is 5.95. The van der Waals surface area contributed by atoms with Gasteiger partial charge in [0.15, 0.2) is 0 Å². The Morgan fingerprint density at radius 3 is 2.64 bits per heavy atom. The Bertz CT molecular complexity index is 517. The lowest BCUT2D eigenvalue weighted by molar-refractivity contribution is -0.141. The highest BCUT2D eigenvalue weighted by Gasteiger charge is 2.51. The minimum Gasteiger partial charge on any atom is -0.377 e. The van der Waals surface area contributed by atoms with Crippen LogP contribution in [0, 0.1) is 0 Å². The number of carbonyl (C=O) groups excluding carboxylic acids is 1. The molecule has 0 saturated carbocycles. The summed E-state index contributed by atoms with van der Waals surface area (Å²) >= 11 is 0. The van der Waals surface area contributed by atoms with Crippen molar-refractivity contribution in [3.63, 3.8) is 0 Å². The minimum absolute atomic E-state index is 0.109. The summed E-state index contributed by atoms with van der Waals surface area (Å²) in [4.78, 5) is 16.1. The van der Waals surface area contributed by atoms with Crippen molar-refractivity contribution in [1.29, 1.82) is 0 Å². The topological polar surface area (TPSA) is 32.8 Å². The number of methoxy groups -OCH3 is 1. The van der Waals surface area contributed by atoms with Crippen LogP contribution in [0.25, 0.3) is 0 Å². The molecular formula is C18H26N2O2. The summed E-state index contributed by atoms with van der Waals surface area (Å²) in [6.07, 6.45) is 3.31. The van der Waals surface area contributed by atoms with E-state index in [9.17, 15) is 4.79 Å². The van der Waals surface area contributed by atoms with Gasteiger partial charge in [-0.25, -0.2) is 0 Å². The molecule has 2 saturated heterocycles. The van der Waals surface area contributed by atoms with Crippen LogP contribution in [0.5, 0.6) is 0 Å². The lowest BCUT2D eigenvalue weighted by Crippen LogP contribution is -2.65. The Kier molecular flexibility index (Phi) is 4.24. The van der Waals surface area contributed by atoms with E-state index in [2.05, 4.69) is 49.1 Å². The van der Waals surface area contributed by atoms with Gasteiger partial charge in [-0.05, 0) is 32.3 Å². The summed E-state index contributed by atoms with van der Waals surface area (Å²) in [5.74, 6) is 0. The minimum atomic E-state index is -0.337. The summed E-state index contributed by atoms with van der Waals surface area (Å²) in [5, 5.41) is 0. The van der Waals surface area contributed by atoms with Crippen LogP contribution >= 0.6 is 0 Å². The SMILES string of the molecule is COC(C)(C)C1C2CCC(CN1C=O)N2Cc1ccccc1. The molecule has 1 aromatic carbocycles. The molecule has 0 aliphatic carbocycles. The number of piperazine rings is 1. The van der Waals surface area contributed by atoms with E-state index in [1.807, 2.05) is 4.90 Å². The molecule has 4 heteroatoms. The number of amides is 1. The molecule has 2 heterocycles. The average Bonchev–Trinajstić information content (AvgIpc) is 2.79. The fourth-order valence-electron chi connectivity index (χ4n) is 4.21. The second-order valence-corrected chi connectivity index (χ2v) is 7.01. The van der Waals surface area contributed by atoms with Gasteiger partial charge in [0.05, 0.1) is 11.6 Å². The van der Waals surface area contributed by atoms with Gasteiger partial charge >= 0.3 is 0 Å². The molecule has 2 aliphatic rings. The molecule has 0 aromatic heterocycles. The van der Waals surface area contributed by atoms with Crippen LogP contribution in [0.3, 0.4) is 0 Å². The molecule has 2 fully saturated rings. The Labute approximate surface area is 133 Å². The number of hydrogen-bond donors (Lipinski definition) is 0. The third-order valence-electron chi connectivity index (χ3n) is 5.42. The van der Waals surface area contributed by atoms with Crippen LogP contribution in [0.1, 0.15) is 32.3 Å². The maximum absolute atomic E-state index is 11.6. The Balaban J connectivity index is 1.86. The van der Waals surface area contributed by atoms with E-state index in [1.54, 1.807) is 7.11 Å². The number of carbonyl (C=O) groups is 1. The number of benzene rings is 1. The van der Waals surface area contributed by atoms with E-state index in [0.717, 1.165) is 32.3 Å². The first kappa shape index (κ1) is 15.5. The normalized spacial score (nSPS) is 28.9. The molecule has 22 heavy (non-hydrogen) atoms. The molecule has 0 N–H and O–H groups in total. The molecular weight excluding hydrogens is 276 g/mol. The summed E-state index contributed by atoms with van der Waals surface area (Å²) in [6, 6.07) is 11.6. The lowest BCUT2D eigenvalue weighted by Gasteiger charge is -2.51. The molecule has 3 unspecified atom stereocenters. The first-order valence-electron chi connectivity index (χ1n) is 8.12. The Hall–Kier alpha value is -1.39. The predicted molar refractivity (Wildman–Crippen MR) is 86.4 cm³/mol. The van der Waals surface area contributed by atoms with Gasteiger partial charge in [-0.2, -0.15) is 0 Å². The fourth-order valence-corrected chi connectivity index (χ4v) is 4.21. The Morgan fingerprint density at radius 1 is 1.27 bits per heavy atom. The van der Waals surface area contributed by atoms with Crippen LogP contribution < -0.4 is 0 Å². The van der Waals surface area contributed by atoms with E-state index in [1.165, 1.54) is 5.56 Å². The molecule has 0 radical (unpaired) electrons. The van der Waals surface area contributed by atoms with Crippen molar-refractivity contribution >= 4 is 6.41 Å². The van der Waals surface area contributed by atoms with Crippen molar-refractivity contribution in [3.8, 4) is 0 Å². The van der Waals surface area contributed by atoms with E-state index >= 15 is 0 Å². The van der Waals surface area contributed by atoms with Gasteiger partial charge < -0.3 is 9.64 Å². The number of hydrogen-bond acceptors (Lipinski definition) is 3. The Morgan fingerprint density at radius 2 is 2.00 bits per heavy atom. The van der Waals surface area contributed by atoms with Crippen molar-refractivity contribution < 1.29 is 9.53 Å². The monoisotopic (exact) mass is 302 g/mol. The van der Waals surface area contributed by atoms with Crippen LogP contribution in [0.2, 0.25) is 0 Å². The quantitative estimate of drug-likeness (QED) is 0.782. The first-order chi connectivity index (χ1) is 10.6. The van der Waals surface area contributed by atoms with Gasteiger partial charge in [-0.1, -0.05) is 30.3 Å². The highest BCUT2D eigenvalue weighted by Crippen LogP contribution is 2.39. The zero-order valence-electron chi connectivity index (χ0n) is 13.7. The maximum atomic E-state index is 11.6. The van der Waals surface area contributed by atoms with Gasteiger partial charge in [-0.3, -0.25) is 9.69 Å². The van der Waals surface area contributed by atoms with Crippen LogP contribution in [0.15, 0.2) is 30.3 Å². The fraction of sp³-hybridized carbons (Fsp3) is 0.611. The smallest absolute Gasteiger partial charge is 0.210 e. The maximum Gasteiger partial charge on any atom is 0.210 e. The number of fused-ring (bicyclic) bond motifs is 2. The van der Waals surface area contributed by atoms with Crippen LogP contribution in [0.4, 0.5) is 0 Å². The zero-order valence-corrected chi connectivity index (χ0v) is 13.7. The first-order valence-corrected chi connectivity index (χ1v) is 8.12. The van der Waals surface area contributed by atoms with Crippen molar-refractivity contribution in [2.24, 2.45) is 0 Å². The van der Waals surface area contributed by atoms with Gasteiger partial charge in [0.2, 0.25) is 6.41 Å². The average molecular weight is 302 g/mol. The number of ether oxygens (including phenoxy) is 1. The van der Waals surface area contributed by atoms with Crippen LogP contribution in [-0.4, -0.2) is 53.6 Å². The molecule has 3 rings (SSSR count). The number of likely N-dealkylation sites (tertiary alicyclic amines) is 1. The molecule has 4 nitrogen and oxygen atoms in total. The van der Waals surface area contributed by atoms with E-state index in [0.29, 0.717) is 12.1 Å². The molecule has 0 spiro atoms. The van der Waals surface area contributed by atoms with Crippen molar-refractivity contribution in [2.45, 2.75) is 57.0 Å². The van der Waals surface area contributed by atoms with Crippen molar-refractivity contribution in [1.82, 2.24) is 9.80 Å². The van der Waals surface area contributed by atoms with Crippen molar-refractivity contribution in [2.75, 3.05) is 13.7 Å². The third kappa shape index (κ3) is 2.66. The zero-order chi connectivity index (χ0) is 15.7. The van der Waals surface area contributed by atoms with Gasteiger partial charge in [0.25, 0.3) is 0 Å². The third-order valence-corrected chi connectivity index (χ3v) is 5.42. The summed E-state index contributed by atoms with van der Waals surface area (Å²) in [5.41, 5.74) is 1.00. The van der Waals surface area contributed by atoms with Gasteiger partial charge in [-0.15, -0.1) is 0 Å². The standard InChI is InChI=1S/C18H26N2O2/c1-18(2,22-3)17-16-10-9-15(12-19(17)13-21)20(16)11-14-7-5-4-6-8-14/h4-8,13,15-17H,9-12H2,1-3H3. The van der Waals surface area contributed by atoms with E-state index in [-0.39, 0.29) is 11.6 Å².